The van der Waals surface area contributed by atoms with E-state index < -0.39 is 34.6 Å². The van der Waals surface area contributed by atoms with Gasteiger partial charge in [-0.1, -0.05) is 0 Å². The van der Waals surface area contributed by atoms with Crippen LogP contribution in [0.2, 0.25) is 0 Å². The Morgan fingerprint density at radius 2 is 1.71 bits per heavy atom. The SMILES string of the molecule is [B]C([B])(Oc1cc(N2CCC3(CCCC(=O)N3c3ccc(F)c(F)c3)CC2)nc(N)n1)C(F)(F)F. The van der Waals surface area contributed by atoms with Crippen molar-refractivity contribution in [3.63, 3.8) is 0 Å². The second-order valence-corrected chi connectivity index (χ2v) is 8.71. The first kappa shape index (κ1) is 25.1. The number of carbonyl (C=O) groups is 1. The fourth-order valence-corrected chi connectivity index (χ4v) is 4.60. The lowest BCUT2D eigenvalue weighted by atomic mass is 9.64. The van der Waals surface area contributed by atoms with Crippen molar-refractivity contribution in [2.24, 2.45) is 0 Å². The molecule has 1 aromatic carbocycles. The van der Waals surface area contributed by atoms with E-state index in [9.17, 15) is 26.7 Å². The molecule has 2 aliphatic heterocycles. The van der Waals surface area contributed by atoms with Crippen molar-refractivity contribution in [1.82, 2.24) is 9.97 Å². The van der Waals surface area contributed by atoms with Crippen molar-refractivity contribution in [3.05, 3.63) is 35.9 Å². The van der Waals surface area contributed by atoms with Crippen LogP contribution in [-0.4, -0.2) is 61.8 Å². The highest BCUT2D eigenvalue weighted by atomic mass is 19.4. The van der Waals surface area contributed by atoms with E-state index in [0.717, 1.165) is 18.2 Å². The number of nitrogens with two attached hydrogens (primary N) is 1. The number of piperidine rings is 2. The summed E-state index contributed by atoms with van der Waals surface area (Å²) in [5, 5.41) is -3.48. The first-order valence-electron chi connectivity index (χ1n) is 10.8. The standard InChI is InChI=1S/C21H20B2F5N5O2/c22-20(23,21(26,27)28)35-16-11-15(30-18(29)31-16)32-8-6-19(7-9-32)5-1-2-17(34)33(19)12-3-4-13(24)14(25)10-12/h3-4,10-11H,1-2,5-9H2,(H2,29,30,31). The molecule has 1 spiro atoms. The minimum absolute atomic E-state index is 0.188. The van der Waals surface area contributed by atoms with E-state index in [0.29, 0.717) is 38.8 Å². The second kappa shape index (κ2) is 8.87. The summed E-state index contributed by atoms with van der Waals surface area (Å²) in [5.41, 5.74) is 5.31. The van der Waals surface area contributed by atoms with Gasteiger partial charge in [0.1, 0.15) is 26.9 Å². The fourth-order valence-electron chi connectivity index (χ4n) is 4.60. The molecule has 2 aliphatic rings. The van der Waals surface area contributed by atoms with E-state index in [1.54, 1.807) is 9.80 Å². The summed E-state index contributed by atoms with van der Waals surface area (Å²) >= 11 is 0. The molecular weight excluding hydrogens is 471 g/mol. The molecule has 182 valence electrons. The van der Waals surface area contributed by atoms with E-state index in [4.69, 9.17) is 21.4 Å². The molecule has 14 heteroatoms. The Morgan fingerprint density at radius 3 is 2.34 bits per heavy atom. The first-order chi connectivity index (χ1) is 16.3. The van der Waals surface area contributed by atoms with Gasteiger partial charge in [-0.05, 0) is 37.8 Å². The highest BCUT2D eigenvalue weighted by Crippen LogP contribution is 2.42. The molecule has 2 saturated heterocycles. The number of alkyl halides is 3. The number of nitrogen functional groups attached to an aromatic ring is 1. The van der Waals surface area contributed by atoms with Gasteiger partial charge in [-0.15, -0.1) is 0 Å². The lowest BCUT2D eigenvalue weighted by Gasteiger charge is -2.51. The van der Waals surface area contributed by atoms with Gasteiger partial charge < -0.3 is 20.3 Å². The van der Waals surface area contributed by atoms with Crippen molar-refractivity contribution >= 4 is 39.1 Å². The minimum atomic E-state index is -5.07. The zero-order chi connectivity index (χ0) is 25.6. The van der Waals surface area contributed by atoms with Crippen LogP contribution in [-0.2, 0) is 4.79 Å². The minimum Gasteiger partial charge on any atom is -0.482 e. The molecule has 1 amide bonds. The van der Waals surface area contributed by atoms with Crippen LogP contribution in [0, 0.1) is 11.6 Å². The molecule has 4 rings (SSSR count). The van der Waals surface area contributed by atoms with Gasteiger partial charge in [-0.3, -0.25) is 4.79 Å². The maximum atomic E-state index is 13.9. The second-order valence-electron chi connectivity index (χ2n) is 8.71. The largest absolute Gasteiger partial charge is 0.482 e. The smallest absolute Gasteiger partial charge is 0.410 e. The van der Waals surface area contributed by atoms with Gasteiger partial charge in [0.15, 0.2) is 11.6 Å². The fraction of sp³-hybridized carbons (Fsp3) is 0.476. The third kappa shape index (κ3) is 4.87. The molecule has 0 bridgehead atoms. The van der Waals surface area contributed by atoms with Crippen LogP contribution in [0.1, 0.15) is 32.1 Å². The molecule has 0 atom stereocenters. The number of halogens is 5. The highest BCUT2D eigenvalue weighted by Gasteiger charge is 2.49. The van der Waals surface area contributed by atoms with Gasteiger partial charge >= 0.3 is 6.18 Å². The Morgan fingerprint density at radius 1 is 1.03 bits per heavy atom. The van der Waals surface area contributed by atoms with Crippen LogP contribution in [0.15, 0.2) is 24.3 Å². The Balaban J connectivity index is 1.56. The van der Waals surface area contributed by atoms with Crippen molar-refractivity contribution < 1.29 is 31.5 Å². The predicted octanol–water partition coefficient (Wildman–Crippen LogP) is 2.83. The van der Waals surface area contributed by atoms with Crippen LogP contribution in [0.25, 0.3) is 0 Å². The third-order valence-corrected chi connectivity index (χ3v) is 6.36. The monoisotopic (exact) mass is 491 g/mol. The Bertz CT molecular complexity index is 1130. The number of hydrogen-bond donors (Lipinski definition) is 1. The average Bonchev–Trinajstić information content (AvgIpc) is 2.75. The number of hydrogen-bond acceptors (Lipinski definition) is 6. The van der Waals surface area contributed by atoms with Crippen LogP contribution in [0.3, 0.4) is 0 Å². The average molecular weight is 491 g/mol. The normalized spacial score (nSPS) is 18.7. The molecule has 4 radical (unpaired) electrons. The lowest BCUT2D eigenvalue weighted by molar-refractivity contribution is -0.186. The van der Waals surface area contributed by atoms with Crippen LogP contribution >= 0.6 is 0 Å². The summed E-state index contributed by atoms with van der Waals surface area (Å²) in [6.45, 7) is 0.692. The third-order valence-electron chi connectivity index (χ3n) is 6.36. The number of ether oxygens (including phenoxy) is 1. The molecule has 2 aromatic rings. The number of benzene rings is 1. The van der Waals surface area contributed by atoms with Crippen molar-refractivity contribution in [2.45, 2.75) is 49.2 Å². The maximum absolute atomic E-state index is 13.9. The Kier molecular flexibility index (Phi) is 6.35. The summed E-state index contributed by atoms with van der Waals surface area (Å²) in [5.74, 6) is -2.94. The zero-order valence-corrected chi connectivity index (χ0v) is 18.5. The molecule has 3 heterocycles. The van der Waals surface area contributed by atoms with Crippen LogP contribution in [0.4, 0.5) is 39.4 Å². The van der Waals surface area contributed by atoms with Gasteiger partial charge in [0.2, 0.25) is 17.7 Å². The van der Waals surface area contributed by atoms with Crippen molar-refractivity contribution in [2.75, 3.05) is 28.6 Å². The molecular formula is C21H20B2F5N5O2. The first-order valence-corrected chi connectivity index (χ1v) is 10.8. The Hall–Kier alpha value is -3.05. The van der Waals surface area contributed by atoms with E-state index in [2.05, 4.69) is 14.7 Å². The van der Waals surface area contributed by atoms with Gasteiger partial charge in [0.25, 0.3) is 0 Å². The number of aromatic nitrogens is 2. The van der Waals surface area contributed by atoms with Gasteiger partial charge in [-0.2, -0.15) is 23.1 Å². The van der Waals surface area contributed by atoms with Gasteiger partial charge in [-0.25, -0.2) is 8.78 Å². The summed E-state index contributed by atoms with van der Waals surface area (Å²) in [7, 11) is 10.1. The van der Waals surface area contributed by atoms with Gasteiger partial charge in [0.05, 0.1) is 5.54 Å². The zero-order valence-electron chi connectivity index (χ0n) is 18.5. The van der Waals surface area contributed by atoms with Crippen molar-refractivity contribution in [3.8, 4) is 5.88 Å². The molecule has 2 N–H and O–H groups in total. The van der Waals surface area contributed by atoms with Crippen LogP contribution in [0.5, 0.6) is 5.88 Å². The molecule has 35 heavy (non-hydrogen) atoms. The molecule has 0 unspecified atom stereocenters. The molecule has 0 aliphatic carbocycles. The lowest BCUT2D eigenvalue weighted by Crippen LogP contribution is -2.60. The predicted molar refractivity (Wildman–Crippen MR) is 119 cm³/mol. The number of carbonyl (C=O) groups excluding carboxylic acids is 1. The quantitative estimate of drug-likeness (QED) is 0.524. The van der Waals surface area contributed by atoms with E-state index in [1.807, 2.05) is 0 Å². The number of amides is 1. The van der Waals surface area contributed by atoms with E-state index >= 15 is 0 Å². The van der Waals surface area contributed by atoms with Crippen LogP contribution < -0.4 is 20.3 Å². The topological polar surface area (TPSA) is 84.6 Å². The number of nitrogens with zero attached hydrogens (tertiary/aromatic N) is 4. The number of rotatable bonds is 4. The molecule has 1 aromatic heterocycles. The molecule has 7 nitrogen and oxygen atoms in total. The molecule has 2 fully saturated rings. The summed E-state index contributed by atoms with van der Waals surface area (Å²) in [6.07, 6.45) is -2.60. The van der Waals surface area contributed by atoms with E-state index in [1.165, 1.54) is 6.07 Å². The summed E-state index contributed by atoms with van der Waals surface area (Å²) in [6, 6.07) is 4.51. The van der Waals surface area contributed by atoms with Crippen molar-refractivity contribution in [1.29, 1.82) is 0 Å². The highest BCUT2D eigenvalue weighted by molar-refractivity contribution is 6.40. The summed E-state index contributed by atoms with van der Waals surface area (Å²) in [4.78, 5) is 23.8. The summed E-state index contributed by atoms with van der Waals surface area (Å²) < 4.78 is 71.0. The maximum Gasteiger partial charge on any atom is 0.410 e. The van der Waals surface area contributed by atoms with E-state index in [-0.39, 0.29) is 29.8 Å². The van der Waals surface area contributed by atoms with Gasteiger partial charge in [0, 0.05) is 37.3 Å². The number of anilines is 3. The Labute approximate surface area is 200 Å². The molecule has 0 saturated carbocycles.